The molecule has 1 amide bonds. The first-order valence-corrected chi connectivity index (χ1v) is 13.4. The van der Waals surface area contributed by atoms with Crippen LogP contribution in [0.1, 0.15) is 71.9 Å². The number of thiophene rings is 1. The van der Waals surface area contributed by atoms with Crippen molar-refractivity contribution in [2.75, 3.05) is 13.1 Å². The molecule has 0 spiro atoms. The molecule has 35 heavy (non-hydrogen) atoms. The molecule has 2 aromatic heterocycles. The Morgan fingerprint density at radius 2 is 1.91 bits per heavy atom. The summed E-state index contributed by atoms with van der Waals surface area (Å²) in [5.74, 6) is 1.12. The minimum absolute atomic E-state index is 0.00480. The van der Waals surface area contributed by atoms with E-state index in [-0.39, 0.29) is 11.8 Å². The summed E-state index contributed by atoms with van der Waals surface area (Å²) in [7, 11) is 0. The zero-order valence-corrected chi connectivity index (χ0v) is 22.3. The molecule has 1 aliphatic heterocycles. The number of carbonyl (C=O) groups excluding carboxylic acids is 1. The molecule has 0 radical (unpaired) electrons. The first-order valence-electron chi connectivity index (χ1n) is 12.2. The summed E-state index contributed by atoms with van der Waals surface area (Å²) >= 11 is 7.91. The fourth-order valence-corrected chi connectivity index (χ4v) is 5.91. The Labute approximate surface area is 215 Å². The fraction of sp³-hybridized carbons (Fsp3) is 0.462. The monoisotopic (exact) mass is 512 g/mol. The van der Waals surface area contributed by atoms with E-state index in [1.165, 1.54) is 10.4 Å². The van der Waals surface area contributed by atoms with Crippen LogP contribution in [-0.2, 0) is 4.79 Å². The molecule has 1 aromatic carbocycles. The summed E-state index contributed by atoms with van der Waals surface area (Å²) in [6.07, 6.45) is 3.51. The van der Waals surface area contributed by atoms with E-state index in [2.05, 4.69) is 33.9 Å². The van der Waals surface area contributed by atoms with Crippen LogP contribution in [0.3, 0.4) is 0 Å². The number of unbranched alkanes of at least 4 members (excludes halogenated alkanes) is 2. The maximum absolute atomic E-state index is 13.4. The highest BCUT2D eigenvalue weighted by molar-refractivity contribution is 7.15. The molecule has 7 nitrogen and oxygen atoms in total. The van der Waals surface area contributed by atoms with Crippen LogP contribution >= 0.6 is 22.9 Å². The molecule has 0 bridgehead atoms. The molecular formula is C26H33ClN6OS. The van der Waals surface area contributed by atoms with Crippen LogP contribution in [0.4, 0.5) is 0 Å². The summed E-state index contributed by atoms with van der Waals surface area (Å²) in [4.78, 5) is 19.9. The van der Waals surface area contributed by atoms with E-state index in [0.29, 0.717) is 30.4 Å². The number of hydrogen-bond acceptors (Lipinski definition) is 6. The third-order valence-corrected chi connectivity index (χ3v) is 8.09. The Balaban J connectivity index is 1.81. The molecule has 0 saturated carbocycles. The maximum Gasteiger partial charge on any atom is 0.225 e. The molecule has 0 aliphatic carbocycles. The second-order valence-electron chi connectivity index (χ2n) is 8.99. The number of rotatable bonds is 9. The van der Waals surface area contributed by atoms with Crippen molar-refractivity contribution in [2.45, 2.75) is 59.4 Å². The van der Waals surface area contributed by atoms with Gasteiger partial charge in [-0.2, -0.15) is 0 Å². The number of carbonyl (C=O) groups is 1. The van der Waals surface area contributed by atoms with Crippen molar-refractivity contribution in [3.63, 3.8) is 0 Å². The van der Waals surface area contributed by atoms with Crippen molar-refractivity contribution in [2.24, 2.45) is 16.6 Å². The molecule has 1 aliphatic rings. The molecule has 3 aromatic rings. The highest BCUT2D eigenvalue weighted by atomic mass is 35.5. The molecule has 186 valence electrons. The van der Waals surface area contributed by atoms with E-state index in [1.807, 2.05) is 38.1 Å². The number of amides is 1. The zero-order chi connectivity index (χ0) is 25.1. The van der Waals surface area contributed by atoms with Crippen molar-refractivity contribution >= 4 is 34.6 Å². The first kappa shape index (κ1) is 25.5. The largest absolute Gasteiger partial charge is 0.356 e. The van der Waals surface area contributed by atoms with Gasteiger partial charge in [0.25, 0.3) is 0 Å². The standard InChI is InChI=1S/C26H33ClN6OS/c1-5-20(25(34)29-14-8-6-7-13-28)23-24-32-31-17(4)33(24)26-21(15(2)16(3)35-26)22(30-23)18-9-11-19(27)12-10-18/h9-12,20,23H,5-8,13-14,28H2,1-4H3,(H,29,34)/t20-,23+/m1/s1. The van der Waals surface area contributed by atoms with Crippen LogP contribution in [-0.4, -0.2) is 39.5 Å². The summed E-state index contributed by atoms with van der Waals surface area (Å²) < 4.78 is 2.09. The molecule has 2 atom stereocenters. The molecule has 3 N–H and O–H groups in total. The summed E-state index contributed by atoms with van der Waals surface area (Å²) in [6.45, 7) is 9.54. The highest BCUT2D eigenvalue weighted by Crippen LogP contribution is 2.41. The topological polar surface area (TPSA) is 98.2 Å². The third kappa shape index (κ3) is 5.06. The second kappa shape index (κ2) is 11.0. The Bertz CT molecular complexity index is 1230. The predicted molar refractivity (Wildman–Crippen MR) is 143 cm³/mol. The molecule has 4 rings (SSSR count). The quantitative estimate of drug-likeness (QED) is 0.391. The lowest BCUT2D eigenvalue weighted by Gasteiger charge is -2.22. The SMILES string of the molecule is CC[C@@H](C(=O)NCCCCCN)[C@@H]1N=C(c2ccc(Cl)cc2)c2c(sc(C)c2C)-n2c(C)nnc21. The lowest BCUT2D eigenvalue weighted by atomic mass is 9.94. The van der Waals surface area contributed by atoms with Crippen LogP contribution in [0, 0.1) is 26.7 Å². The first-order chi connectivity index (χ1) is 16.9. The van der Waals surface area contributed by atoms with Gasteiger partial charge in [-0.25, -0.2) is 0 Å². The second-order valence-corrected chi connectivity index (χ2v) is 10.6. The van der Waals surface area contributed by atoms with E-state index < -0.39 is 6.04 Å². The van der Waals surface area contributed by atoms with E-state index in [0.717, 1.165) is 46.9 Å². The van der Waals surface area contributed by atoms with Crippen LogP contribution in [0.15, 0.2) is 29.3 Å². The van der Waals surface area contributed by atoms with Gasteiger partial charge in [0.2, 0.25) is 5.91 Å². The van der Waals surface area contributed by atoms with Gasteiger partial charge in [0.05, 0.1) is 11.6 Å². The molecule has 0 fully saturated rings. The average molecular weight is 513 g/mol. The summed E-state index contributed by atoms with van der Waals surface area (Å²) in [5, 5.41) is 13.8. The molecule has 0 saturated heterocycles. The van der Waals surface area contributed by atoms with Gasteiger partial charge in [-0.3, -0.25) is 14.4 Å². The number of fused-ring (bicyclic) bond motifs is 3. The maximum atomic E-state index is 13.4. The summed E-state index contributed by atoms with van der Waals surface area (Å²) in [6, 6.07) is 7.28. The van der Waals surface area contributed by atoms with E-state index in [4.69, 9.17) is 22.3 Å². The number of aromatic nitrogens is 3. The fourth-order valence-electron chi connectivity index (χ4n) is 4.57. The number of nitrogens with zero attached hydrogens (tertiary/aromatic N) is 4. The van der Waals surface area contributed by atoms with E-state index in [1.54, 1.807) is 11.3 Å². The Morgan fingerprint density at radius 3 is 2.60 bits per heavy atom. The molecular weight excluding hydrogens is 480 g/mol. The van der Waals surface area contributed by atoms with Gasteiger partial charge < -0.3 is 11.1 Å². The molecule has 0 unspecified atom stereocenters. The lowest BCUT2D eigenvalue weighted by molar-refractivity contribution is -0.125. The van der Waals surface area contributed by atoms with Crippen molar-refractivity contribution in [1.29, 1.82) is 0 Å². The zero-order valence-electron chi connectivity index (χ0n) is 20.8. The third-order valence-electron chi connectivity index (χ3n) is 6.64. The van der Waals surface area contributed by atoms with Crippen molar-refractivity contribution in [3.8, 4) is 5.00 Å². The van der Waals surface area contributed by atoms with Gasteiger partial charge in [-0.05, 0) is 64.3 Å². The van der Waals surface area contributed by atoms with Gasteiger partial charge >= 0.3 is 0 Å². The van der Waals surface area contributed by atoms with Crippen LogP contribution in [0.5, 0.6) is 0 Å². The van der Waals surface area contributed by atoms with Gasteiger partial charge in [-0.1, -0.05) is 37.1 Å². The molecule has 3 heterocycles. The highest BCUT2D eigenvalue weighted by Gasteiger charge is 2.37. The van der Waals surface area contributed by atoms with Crippen molar-refractivity contribution in [3.05, 3.63) is 62.5 Å². The number of nitrogens with two attached hydrogens (primary N) is 1. The van der Waals surface area contributed by atoms with Gasteiger partial charge in [0, 0.05) is 27.6 Å². The number of nitrogens with one attached hydrogen (secondary N) is 1. The predicted octanol–water partition coefficient (Wildman–Crippen LogP) is 5.07. The van der Waals surface area contributed by atoms with Crippen LogP contribution < -0.4 is 11.1 Å². The van der Waals surface area contributed by atoms with Crippen molar-refractivity contribution in [1.82, 2.24) is 20.1 Å². The Morgan fingerprint density at radius 1 is 1.17 bits per heavy atom. The van der Waals surface area contributed by atoms with Crippen LogP contribution in [0.25, 0.3) is 5.00 Å². The Kier molecular flexibility index (Phi) is 8.04. The number of aryl methyl sites for hydroxylation is 2. The molecule has 9 heteroatoms. The number of hydrogen-bond donors (Lipinski definition) is 2. The lowest BCUT2D eigenvalue weighted by Crippen LogP contribution is -2.35. The number of halogens is 1. The Hall–Kier alpha value is -2.55. The smallest absolute Gasteiger partial charge is 0.225 e. The van der Waals surface area contributed by atoms with E-state index in [9.17, 15) is 4.79 Å². The minimum Gasteiger partial charge on any atom is -0.356 e. The summed E-state index contributed by atoms with van der Waals surface area (Å²) in [5.41, 5.74) is 9.67. The van der Waals surface area contributed by atoms with Crippen LogP contribution in [0.2, 0.25) is 5.02 Å². The van der Waals surface area contributed by atoms with E-state index >= 15 is 0 Å². The number of benzene rings is 1. The normalized spacial score (nSPS) is 15.7. The van der Waals surface area contributed by atoms with Crippen molar-refractivity contribution < 1.29 is 4.79 Å². The van der Waals surface area contributed by atoms with Gasteiger partial charge in [-0.15, -0.1) is 21.5 Å². The van der Waals surface area contributed by atoms with Gasteiger partial charge in [0.15, 0.2) is 5.82 Å². The van der Waals surface area contributed by atoms with Gasteiger partial charge in [0.1, 0.15) is 16.9 Å². The minimum atomic E-state index is -0.463. The average Bonchev–Trinajstić information content (AvgIpc) is 3.31. The number of aliphatic imine (C=N–C) groups is 1.